The molecule has 3 N–H and O–H groups in total. The number of likely N-dealkylation sites (tertiary alicyclic amines) is 1. The first kappa shape index (κ1) is 19.2. The lowest BCUT2D eigenvalue weighted by Gasteiger charge is -2.24. The Kier molecular flexibility index (Phi) is 6.54. The Morgan fingerprint density at radius 3 is 2.42 bits per heavy atom. The molecule has 1 aromatic rings. The minimum Gasteiger partial charge on any atom is -0.390 e. The Morgan fingerprint density at radius 2 is 1.81 bits per heavy atom. The van der Waals surface area contributed by atoms with Crippen LogP contribution in [0.1, 0.15) is 49.7 Å². The van der Waals surface area contributed by atoms with E-state index in [1.165, 1.54) is 36.8 Å². The third-order valence-corrected chi connectivity index (χ3v) is 5.56. The van der Waals surface area contributed by atoms with Crippen molar-refractivity contribution in [1.29, 1.82) is 0 Å². The molecule has 0 radical (unpaired) electrons. The molecule has 1 saturated heterocycles. The number of amides is 2. The molecule has 0 unspecified atom stereocenters. The van der Waals surface area contributed by atoms with Crippen LogP contribution in [0.25, 0.3) is 0 Å². The summed E-state index contributed by atoms with van der Waals surface area (Å²) in [6.45, 7) is 5.16. The first-order valence-electron chi connectivity index (χ1n) is 10.1. The van der Waals surface area contributed by atoms with Gasteiger partial charge in [-0.15, -0.1) is 0 Å². The number of nitrogens with zero attached hydrogens (tertiary/aromatic N) is 1. The molecule has 1 aliphatic carbocycles. The number of urea groups is 1. The lowest BCUT2D eigenvalue weighted by atomic mass is 10.0. The molecule has 5 nitrogen and oxygen atoms in total. The number of carbonyl (C=O) groups excluding carboxylic acids is 1. The quantitative estimate of drug-likeness (QED) is 0.701. The molecule has 144 valence electrons. The Labute approximate surface area is 157 Å². The number of benzene rings is 1. The summed E-state index contributed by atoms with van der Waals surface area (Å²) in [5.74, 6) is 0. The van der Waals surface area contributed by atoms with Crippen LogP contribution in [-0.2, 0) is 6.42 Å². The maximum Gasteiger partial charge on any atom is 0.315 e. The third-order valence-electron chi connectivity index (χ3n) is 5.56. The van der Waals surface area contributed by atoms with Crippen molar-refractivity contribution < 1.29 is 9.90 Å². The van der Waals surface area contributed by atoms with Gasteiger partial charge in [-0.05, 0) is 57.7 Å². The van der Waals surface area contributed by atoms with Crippen LogP contribution in [0.2, 0.25) is 0 Å². The average Bonchev–Trinajstić information content (AvgIpc) is 3.40. The minimum atomic E-state index is -0.508. The maximum absolute atomic E-state index is 12.2. The van der Waals surface area contributed by atoms with Gasteiger partial charge < -0.3 is 20.6 Å². The summed E-state index contributed by atoms with van der Waals surface area (Å²) < 4.78 is 0. The van der Waals surface area contributed by atoms with Crippen LogP contribution in [0.5, 0.6) is 0 Å². The predicted octanol–water partition coefficient (Wildman–Crippen LogP) is 2.61. The number of hydrogen-bond donors (Lipinski definition) is 3. The highest BCUT2D eigenvalue weighted by Gasteiger charge is 2.43. The van der Waals surface area contributed by atoms with E-state index in [1.54, 1.807) is 0 Å². The van der Waals surface area contributed by atoms with E-state index in [4.69, 9.17) is 0 Å². The molecule has 2 amide bonds. The lowest BCUT2D eigenvalue weighted by Crippen LogP contribution is -2.48. The number of rotatable bonds is 7. The van der Waals surface area contributed by atoms with Crippen LogP contribution in [-0.4, -0.2) is 53.9 Å². The smallest absolute Gasteiger partial charge is 0.315 e. The summed E-state index contributed by atoms with van der Waals surface area (Å²) in [6, 6.07) is 8.35. The zero-order valence-corrected chi connectivity index (χ0v) is 16.0. The summed E-state index contributed by atoms with van der Waals surface area (Å²) in [7, 11) is 0. The van der Waals surface area contributed by atoms with Crippen molar-refractivity contribution in [2.24, 2.45) is 0 Å². The molecule has 1 heterocycles. The molecule has 1 atom stereocenters. The van der Waals surface area contributed by atoms with Crippen molar-refractivity contribution in [3.05, 3.63) is 35.4 Å². The normalized spacial score (nSPS) is 20.8. The lowest BCUT2D eigenvalue weighted by molar-refractivity contribution is 0.114. The van der Waals surface area contributed by atoms with E-state index >= 15 is 0 Å². The van der Waals surface area contributed by atoms with Gasteiger partial charge in [0.15, 0.2) is 0 Å². The first-order valence-corrected chi connectivity index (χ1v) is 10.1. The van der Waals surface area contributed by atoms with Gasteiger partial charge in [-0.2, -0.15) is 0 Å². The molecule has 2 aliphatic rings. The van der Waals surface area contributed by atoms with Crippen LogP contribution in [0.4, 0.5) is 4.79 Å². The van der Waals surface area contributed by atoms with Gasteiger partial charge in [0.25, 0.3) is 0 Å². The number of β-amino-alcohol motifs (C(OH)–C–C–N with tert-alkyl or cyclic N) is 1. The first-order chi connectivity index (χ1) is 12.5. The second-order valence-corrected chi connectivity index (χ2v) is 8.15. The fourth-order valence-corrected chi connectivity index (χ4v) is 3.77. The van der Waals surface area contributed by atoms with Gasteiger partial charge in [0.1, 0.15) is 0 Å². The Balaban J connectivity index is 1.38. The Morgan fingerprint density at radius 1 is 1.15 bits per heavy atom. The molecular formula is C21H33N3O2. The Hall–Kier alpha value is -1.59. The predicted molar refractivity (Wildman–Crippen MR) is 104 cm³/mol. The van der Waals surface area contributed by atoms with Gasteiger partial charge in [-0.1, -0.05) is 42.7 Å². The SMILES string of the molecule is Cc1ccc(CC2(NC(=O)NC[C@@H](O)CN3CCCCCC3)CC2)cc1. The van der Waals surface area contributed by atoms with E-state index in [-0.39, 0.29) is 11.6 Å². The van der Waals surface area contributed by atoms with Crippen LogP contribution >= 0.6 is 0 Å². The standard InChI is InChI=1S/C21H33N3O2/c1-17-6-8-18(9-7-17)14-21(10-11-21)23-20(26)22-15-19(25)16-24-12-4-2-3-5-13-24/h6-9,19,25H,2-5,10-16H2,1H3,(H2,22,23,26)/t19-/m1/s1. The van der Waals surface area contributed by atoms with E-state index < -0.39 is 6.10 Å². The summed E-state index contributed by atoms with van der Waals surface area (Å²) >= 11 is 0. The molecule has 26 heavy (non-hydrogen) atoms. The van der Waals surface area contributed by atoms with Crippen LogP contribution < -0.4 is 10.6 Å². The fourth-order valence-electron chi connectivity index (χ4n) is 3.77. The number of aryl methyl sites for hydroxylation is 1. The van der Waals surface area contributed by atoms with E-state index in [9.17, 15) is 9.90 Å². The van der Waals surface area contributed by atoms with Gasteiger partial charge in [-0.25, -0.2) is 4.79 Å². The largest absolute Gasteiger partial charge is 0.390 e. The summed E-state index contributed by atoms with van der Waals surface area (Å²) in [5, 5.41) is 16.2. The molecule has 3 rings (SSSR count). The molecule has 1 aromatic carbocycles. The zero-order chi connectivity index (χ0) is 18.4. The molecule has 5 heteroatoms. The number of aliphatic hydroxyl groups excluding tert-OH is 1. The topological polar surface area (TPSA) is 64.6 Å². The second-order valence-electron chi connectivity index (χ2n) is 8.15. The van der Waals surface area contributed by atoms with Crippen LogP contribution in [0.3, 0.4) is 0 Å². The van der Waals surface area contributed by atoms with Crippen molar-refractivity contribution in [2.45, 2.75) is 63.5 Å². The highest BCUT2D eigenvalue weighted by atomic mass is 16.3. The summed E-state index contributed by atoms with van der Waals surface area (Å²) in [6.07, 6.45) is 7.40. The third kappa shape index (κ3) is 5.99. The van der Waals surface area contributed by atoms with Gasteiger partial charge in [0.2, 0.25) is 0 Å². The van der Waals surface area contributed by atoms with E-state index in [1.807, 2.05) is 0 Å². The number of hydrogen-bond acceptors (Lipinski definition) is 3. The van der Waals surface area contributed by atoms with Crippen molar-refractivity contribution >= 4 is 6.03 Å². The van der Waals surface area contributed by atoms with E-state index in [0.29, 0.717) is 13.1 Å². The molecule has 0 spiro atoms. The van der Waals surface area contributed by atoms with Gasteiger partial charge in [0, 0.05) is 18.6 Å². The van der Waals surface area contributed by atoms with Crippen molar-refractivity contribution in [2.75, 3.05) is 26.2 Å². The van der Waals surface area contributed by atoms with Crippen molar-refractivity contribution in [3.8, 4) is 0 Å². The van der Waals surface area contributed by atoms with Gasteiger partial charge in [-0.3, -0.25) is 0 Å². The molecule has 1 saturated carbocycles. The summed E-state index contributed by atoms with van der Waals surface area (Å²) in [4.78, 5) is 14.6. The number of aliphatic hydroxyl groups is 1. The maximum atomic E-state index is 12.2. The van der Waals surface area contributed by atoms with Crippen LogP contribution in [0.15, 0.2) is 24.3 Å². The molecule has 0 bridgehead atoms. The van der Waals surface area contributed by atoms with E-state index in [0.717, 1.165) is 32.4 Å². The van der Waals surface area contributed by atoms with Crippen molar-refractivity contribution in [3.63, 3.8) is 0 Å². The van der Waals surface area contributed by atoms with Gasteiger partial charge in [0.05, 0.1) is 6.10 Å². The molecule has 2 fully saturated rings. The van der Waals surface area contributed by atoms with Crippen molar-refractivity contribution in [1.82, 2.24) is 15.5 Å². The molecular weight excluding hydrogens is 326 g/mol. The highest BCUT2D eigenvalue weighted by Crippen LogP contribution is 2.38. The molecule has 1 aliphatic heterocycles. The molecule has 0 aromatic heterocycles. The number of carbonyl (C=O) groups is 1. The number of nitrogens with one attached hydrogen (secondary N) is 2. The Bertz CT molecular complexity index is 575. The van der Waals surface area contributed by atoms with E-state index in [2.05, 4.69) is 46.7 Å². The monoisotopic (exact) mass is 359 g/mol. The zero-order valence-electron chi connectivity index (χ0n) is 16.0. The van der Waals surface area contributed by atoms with Crippen LogP contribution in [0, 0.1) is 6.92 Å². The van der Waals surface area contributed by atoms with Gasteiger partial charge >= 0.3 is 6.03 Å². The highest BCUT2D eigenvalue weighted by molar-refractivity contribution is 5.75. The second kappa shape index (κ2) is 8.87. The fraction of sp³-hybridized carbons (Fsp3) is 0.667. The average molecular weight is 360 g/mol. The minimum absolute atomic E-state index is 0.102. The summed E-state index contributed by atoms with van der Waals surface area (Å²) in [5.41, 5.74) is 2.41.